The molecule has 0 heterocycles. The summed E-state index contributed by atoms with van der Waals surface area (Å²) in [5.41, 5.74) is 0.648. The van der Waals surface area contributed by atoms with Crippen LogP contribution in [0, 0.1) is 12.7 Å². The Morgan fingerprint density at radius 3 is 2.81 bits per heavy atom. The molecular weight excluding hydrogens is 205 g/mol. The molecule has 0 saturated heterocycles. The monoisotopic (exact) mass is 225 g/mol. The quantitative estimate of drug-likeness (QED) is 0.752. The normalized spacial score (nSPS) is 12.5. The third-order valence-electron chi connectivity index (χ3n) is 2.52. The van der Waals surface area contributed by atoms with Crippen molar-refractivity contribution in [1.82, 2.24) is 5.32 Å². The van der Waals surface area contributed by atoms with Gasteiger partial charge >= 0.3 is 0 Å². The van der Waals surface area contributed by atoms with Gasteiger partial charge in [0.1, 0.15) is 11.6 Å². The van der Waals surface area contributed by atoms with Crippen molar-refractivity contribution in [2.24, 2.45) is 0 Å². The molecule has 1 atom stereocenters. The first-order chi connectivity index (χ1) is 7.63. The van der Waals surface area contributed by atoms with Crippen molar-refractivity contribution in [2.45, 2.75) is 32.8 Å². The van der Waals surface area contributed by atoms with E-state index in [1.54, 1.807) is 13.0 Å². The molecule has 0 amide bonds. The first-order valence-electron chi connectivity index (χ1n) is 5.71. The lowest BCUT2D eigenvalue weighted by molar-refractivity contribution is 0.207. The molecule has 1 unspecified atom stereocenters. The van der Waals surface area contributed by atoms with Gasteiger partial charge in [-0.2, -0.15) is 0 Å². The highest BCUT2D eigenvalue weighted by atomic mass is 19.1. The molecule has 2 nitrogen and oxygen atoms in total. The standard InChI is InChI=1S/C13H20FNO/c1-10-6-7-12(9-13(10)14)16-11(2)5-4-8-15-3/h6-7,9,11,15H,4-5,8H2,1-3H3. The van der Waals surface area contributed by atoms with Crippen molar-refractivity contribution in [1.29, 1.82) is 0 Å². The van der Waals surface area contributed by atoms with Crippen LogP contribution in [-0.4, -0.2) is 19.7 Å². The number of hydrogen-bond donors (Lipinski definition) is 1. The van der Waals surface area contributed by atoms with E-state index in [-0.39, 0.29) is 11.9 Å². The molecule has 1 N–H and O–H groups in total. The van der Waals surface area contributed by atoms with Gasteiger partial charge in [0.15, 0.2) is 0 Å². The predicted octanol–water partition coefficient (Wildman–Crippen LogP) is 2.90. The minimum absolute atomic E-state index is 0.121. The fourth-order valence-electron chi connectivity index (χ4n) is 1.50. The summed E-state index contributed by atoms with van der Waals surface area (Å²) in [4.78, 5) is 0. The van der Waals surface area contributed by atoms with Gasteiger partial charge in [-0.3, -0.25) is 0 Å². The van der Waals surface area contributed by atoms with Crippen LogP contribution in [-0.2, 0) is 0 Å². The van der Waals surface area contributed by atoms with Gasteiger partial charge in [0.25, 0.3) is 0 Å². The third-order valence-corrected chi connectivity index (χ3v) is 2.52. The Morgan fingerprint density at radius 2 is 2.19 bits per heavy atom. The molecule has 3 heteroatoms. The first-order valence-corrected chi connectivity index (χ1v) is 5.71. The highest BCUT2D eigenvalue weighted by Gasteiger charge is 2.05. The first kappa shape index (κ1) is 13.0. The summed E-state index contributed by atoms with van der Waals surface area (Å²) in [6.45, 7) is 4.73. The van der Waals surface area contributed by atoms with Gasteiger partial charge in [0.05, 0.1) is 6.10 Å². The van der Waals surface area contributed by atoms with Crippen LogP contribution in [0.25, 0.3) is 0 Å². The van der Waals surface area contributed by atoms with Crippen LogP contribution >= 0.6 is 0 Å². The van der Waals surface area contributed by atoms with Crippen molar-refractivity contribution in [3.8, 4) is 5.75 Å². The highest BCUT2D eigenvalue weighted by molar-refractivity contribution is 5.28. The third kappa shape index (κ3) is 4.19. The van der Waals surface area contributed by atoms with Crippen LogP contribution in [0.15, 0.2) is 18.2 Å². The molecule has 0 spiro atoms. The molecule has 0 aliphatic heterocycles. The van der Waals surface area contributed by atoms with Gasteiger partial charge in [-0.1, -0.05) is 6.07 Å². The van der Waals surface area contributed by atoms with E-state index in [0.717, 1.165) is 19.4 Å². The van der Waals surface area contributed by atoms with E-state index >= 15 is 0 Å². The van der Waals surface area contributed by atoms with Crippen LogP contribution < -0.4 is 10.1 Å². The zero-order valence-corrected chi connectivity index (χ0v) is 10.2. The van der Waals surface area contributed by atoms with Crippen LogP contribution in [0.3, 0.4) is 0 Å². The maximum atomic E-state index is 13.2. The maximum Gasteiger partial charge on any atom is 0.129 e. The molecule has 1 aromatic carbocycles. The van der Waals surface area contributed by atoms with E-state index in [0.29, 0.717) is 11.3 Å². The van der Waals surface area contributed by atoms with E-state index in [2.05, 4.69) is 5.32 Å². The van der Waals surface area contributed by atoms with E-state index in [1.807, 2.05) is 20.0 Å². The summed E-state index contributed by atoms with van der Waals surface area (Å²) in [6, 6.07) is 5.00. The second-order valence-corrected chi connectivity index (χ2v) is 4.09. The SMILES string of the molecule is CNCCCC(C)Oc1ccc(C)c(F)c1. The number of nitrogens with one attached hydrogen (secondary N) is 1. The number of ether oxygens (including phenoxy) is 1. The number of halogens is 1. The molecule has 1 aromatic rings. The lowest BCUT2D eigenvalue weighted by Crippen LogP contribution is -2.15. The molecule has 90 valence electrons. The fraction of sp³-hybridized carbons (Fsp3) is 0.538. The van der Waals surface area contributed by atoms with Crippen molar-refractivity contribution in [3.05, 3.63) is 29.6 Å². The maximum absolute atomic E-state index is 13.2. The highest BCUT2D eigenvalue weighted by Crippen LogP contribution is 2.18. The molecule has 0 radical (unpaired) electrons. The minimum atomic E-state index is -0.208. The predicted molar refractivity (Wildman–Crippen MR) is 64.4 cm³/mol. The van der Waals surface area contributed by atoms with Crippen LogP contribution in [0.4, 0.5) is 4.39 Å². The van der Waals surface area contributed by atoms with E-state index in [4.69, 9.17) is 4.74 Å². The summed E-state index contributed by atoms with van der Waals surface area (Å²) in [5, 5.41) is 3.09. The van der Waals surface area contributed by atoms with Gasteiger partial charge in [-0.25, -0.2) is 4.39 Å². The lowest BCUT2D eigenvalue weighted by atomic mass is 10.2. The average molecular weight is 225 g/mol. The largest absolute Gasteiger partial charge is 0.491 e. The van der Waals surface area contributed by atoms with Gasteiger partial charge < -0.3 is 10.1 Å². The Morgan fingerprint density at radius 1 is 1.44 bits per heavy atom. The molecule has 0 aromatic heterocycles. The number of hydrogen-bond acceptors (Lipinski definition) is 2. The number of aryl methyl sites for hydroxylation is 1. The Kier molecular flexibility index (Phi) is 5.26. The van der Waals surface area contributed by atoms with E-state index in [1.165, 1.54) is 6.07 Å². The van der Waals surface area contributed by atoms with Gasteiger partial charge in [0, 0.05) is 6.07 Å². The van der Waals surface area contributed by atoms with Crippen LogP contribution in [0.1, 0.15) is 25.3 Å². The van der Waals surface area contributed by atoms with Crippen molar-refractivity contribution in [2.75, 3.05) is 13.6 Å². The van der Waals surface area contributed by atoms with Crippen molar-refractivity contribution in [3.63, 3.8) is 0 Å². The summed E-state index contributed by atoms with van der Waals surface area (Å²) in [7, 11) is 1.93. The fourth-order valence-corrected chi connectivity index (χ4v) is 1.50. The average Bonchev–Trinajstić information content (AvgIpc) is 2.24. The molecule has 16 heavy (non-hydrogen) atoms. The summed E-state index contributed by atoms with van der Waals surface area (Å²) >= 11 is 0. The zero-order valence-electron chi connectivity index (χ0n) is 10.2. The van der Waals surface area contributed by atoms with Crippen molar-refractivity contribution < 1.29 is 9.13 Å². The molecule has 0 fully saturated rings. The summed E-state index contributed by atoms with van der Waals surface area (Å²) < 4.78 is 18.9. The van der Waals surface area contributed by atoms with Crippen LogP contribution in [0.2, 0.25) is 0 Å². The van der Waals surface area contributed by atoms with Crippen LogP contribution in [0.5, 0.6) is 5.75 Å². The number of rotatable bonds is 6. The molecule has 1 rings (SSSR count). The molecule has 0 saturated carbocycles. The van der Waals surface area contributed by atoms with E-state index < -0.39 is 0 Å². The van der Waals surface area contributed by atoms with Crippen molar-refractivity contribution >= 4 is 0 Å². The summed E-state index contributed by atoms with van der Waals surface area (Å²) in [5.74, 6) is 0.403. The summed E-state index contributed by atoms with van der Waals surface area (Å²) in [6.07, 6.45) is 2.15. The molecular formula is C13H20FNO. The molecule has 0 bridgehead atoms. The number of benzene rings is 1. The Hall–Kier alpha value is -1.09. The Bertz CT molecular complexity index is 328. The second kappa shape index (κ2) is 6.48. The zero-order chi connectivity index (χ0) is 12.0. The topological polar surface area (TPSA) is 21.3 Å². The molecule has 0 aliphatic carbocycles. The Labute approximate surface area is 96.8 Å². The Balaban J connectivity index is 2.43. The van der Waals surface area contributed by atoms with Gasteiger partial charge in [-0.05, 0) is 51.9 Å². The molecule has 0 aliphatic rings. The minimum Gasteiger partial charge on any atom is -0.491 e. The lowest BCUT2D eigenvalue weighted by Gasteiger charge is -2.14. The van der Waals surface area contributed by atoms with Gasteiger partial charge in [-0.15, -0.1) is 0 Å². The van der Waals surface area contributed by atoms with E-state index in [9.17, 15) is 4.39 Å². The second-order valence-electron chi connectivity index (χ2n) is 4.09. The van der Waals surface area contributed by atoms with Gasteiger partial charge in [0.2, 0.25) is 0 Å². The smallest absolute Gasteiger partial charge is 0.129 e.